The van der Waals surface area contributed by atoms with E-state index >= 15 is 0 Å². The lowest BCUT2D eigenvalue weighted by atomic mass is 10.4. The summed E-state index contributed by atoms with van der Waals surface area (Å²) in [5.41, 5.74) is 0. The van der Waals surface area contributed by atoms with Gasteiger partial charge in [-0.05, 0) is 13.8 Å². The molecule has 1 fully saturated rings. The van der Waals surface area contributed by atoms with Gasteiger partial charge >= 0.3 is 0 Å². The molecule has 0 aliphatic carbocycles. The zero-order valence-corrected chi connectivity index (χ0v) is 7.21. The Bertz CT molecular complexity index is 102. The molecule has 0 saturated carbocycles. The summed E-state index contributed by atoms with van der Waals surface area (Å²) in [5.74, 6) is 0. The Morgan fingerprint density at radius 1 is 1.64 bits per heavy atom. The van der Waals surface area contributed by atoms with Gasteiger partial charge in [-0.3, -0.25) is 0 Å². The Hall–Kier alpha value is -0.120. The lowest BCUT2D eigenvalue weighted by molar-refractivity contribution is -0.00502. The van der Waals surface area contributed by atoms with Crippen LogP contribution in [0, 0.1) is 0 Å². The van der Waals surface area contributed by atoms with Gasteiger partial charge < -0.3 is 14.2 Å². The zero-order chi connectivity index (χ0) is 8.10. The van der Waals surface area contributed by atoms with Gasteiger partial charge in [0.15, 0.2) is 0 Å². The Morgan fingerprint density at radius 3 is 2.91 bits per heavy atom. The van der Waals surface area contributed by atoms with Gasteiger partial charge in [-0.15, -0.1) is 0 Å². The molecule has 3 heteroatoms. The molecule has 1 aliphatic heterocycles. The molecule has 0 spiro atoms. The van der Waals surface area contributed by atoms with E-state index in [1.807, 2.05) is 13.8 Å². The Labute approximate surface area is 67.6 Å². The summed E-state index contributed by atoms with van der Waals surface area (Å²) in [4.78, 5) is 0. The van der Waals surface area contributed by atoms with Crippen molar-refractivity contribution >= 4 is 0 Å². The average molecular weight is 160 g/mol. The van der Waals surface area contributed by atoms with Crippen LogP contribution in [0.1, 0.15) is 13.8 Å². The van der Waals surface area contributed by atoms with Crippen LogP contribution >= 0.6 is 0 Å². The fraction of sp³-hybridized carbons (Fsp3) is 1.00. The van der Waals surface area contributed by atoms with Gasteiger partial charge in [0, 0.05) is 6.61 Å². The minimum Gasteiger partial charge on any atom is -0.376 e. The maximum Gasteiger partial charge on any atom is 0.104 e. The second-order valence-electron chi connectivity index (χ2n) is 2.76. The molecule has 0 aromatic rings. The van der Waals surface area contributed by atoms with Crippen molar-refractivity contribution in [2.75, 3.05) is 26.4 Å². The normalized spacial score (nSPS) is 25.1. The molecule has 1 saturated heterocycles. The van der Waals surface area contributed by atoms with Crippen molar-refractivity contribution in [2.24, 2.45) is 0 Å². The van der Waals surface area contributed by atoms with Crippen LogP contribution in [0.4, 0.5) is 0 Å². The van der Waals surface area contributed by atoms with Gasteiger partial charge in [0.2, 0.25) is 0 Å². The minimum atomic E-state index is 0.207. The Kier molecular flexibility index (Phi) is 3.83. The van der Waals surface area contributed by atoms with E-state index in [9.17, 15) is 0 Å². The SMILES string of the molecule is CCOC(C)COCC1CO1. The summed E-state index contributed by atoms with van der Waals surface area (Å²) in [6.45, 7) is 7.01. The third kappa shape index (κ3) is 4.35. The van der Waals surface area contributed by atoms with Crippen molar-refractivity contribution < 1.29 is 14.2 Å². The molecule has 2 unspecified atom stereocenters. The largest absolute Gasteiger partial charge is 0.376 e. The van der Waals surface area contributed by atoms with Crippen LogP contribution in [-0.2, 0) is 14.2 Å². The van der Waals surface area contributed by atoms with Gasteiger partial charge in [0.1, 0.15) is 6.10 Å². The van der Waals surface area contributed by atoms with Gasteiger partial charge in [-0.2, -0.15) is 0 Å². The van der Waals surface area contributed by atoms with Crippen LogP contribution in [0.3, 0.4) is 0 Å². The molecule has 3 nitrogen and oxygen atoms in total. The van der Waals surface area contributed by atoms with Crippen LogP contribution < -0.4 is 0 Å². The van der Waals surface area contributed by atoms with Crippen molar-refractivity contribution in [1.82, 2.24) is 0 Å². The molecule has 0 amide bonds. The highest BCUT2D eigenvalue weighted by atomic mass is 16.6. The Balaban J connectivity index is 1.84. The fourth-order valence-corrected chi connectivity index (χ4v) is 0.862. The predicted molar refractivity (Wildman–Crippen MR) is 41.6 cm³/mol. The molecule has 0 bridgehead atoms. The van der Waals surface area contributed by atoms with Crippen LogP contribution in [0.5, 0.6) is 0 Å². The van der Waals surface area contributed by atoms with Gasteiger partial charge in [-0.1, -0.05) is 0 Å². The number of hydrogen-bond acceptors (Lipinski definition) is 3. The van der Waals surface area contributed by atoms with Crippen molar-refractivity contribution in [3.05, 3.63) is 0 Å². The number of hydrogen-bond donors (Lipinski definition) is 0. The first-order valence-corrected chi connectivity index (χ1v) is 4.14. The van der Waals surface area contributed by atoms with Gasteiger partial charge in [0.25, 0.3) is 0 Å². The molecular formula is C8H16O3. The van der Waals surface area contributed by atoms with Crippen molar-refractivity contribution in [3.8, 4) is 0 Å². The van der Waals surface area contributed by atoms with E-state index < -0.39 is 0 Å². The fourth-order valence-electron chi connectivity index (χ4n) is 0.862. The van der Waals surface area contributed by atoms with Gasteiger partial charge in [-0.25, -0.2) is 0 Å². The lowest BCUT2D eigenvalue weighted by Crippen LogP contribution is -2.17. The molecule has 1 aliphatic rings. The highest BCUT2D eigenvalue weighted by Crippen LogP contribution is 2.08. The van der Waals surface area contributed by atoms with Crippen LogP contribution in [0.2, 0.25) is 0 Å². The standard InChI is InChI=1S/C8H16O3/c1-3-10-7(2)4-9-5-8-6-11-8/h7-8H,3-6H2,1-2H3. The molecule has 1 heterocycles. The zero-order valence-electron chi connectivity index (χ0n) is 7.21. The topological polar surface area (TPSA) is 31.0 Å². The summed E-state index contributed by atoms with van der Waals surface area (Å²) < 4.78 is 15.6. The van der Waals surface area contributed by atoms with E-state index in [4.69, 9.17) is 14.2 Å². The second-order valence-corrected chi connectivity index (χ2v) is 2.76. The molecule has 0 aromatic carbocycles. The van der Waals surface area contributed by atoms with Crippen molar-refractivity contribution in [3.63, 3.8) is 0 Å². The first-order valence-electron chi connectivity index (χ1n) is 4.14. The number of rotatable bonds is 6. The highest BCUT2D eigenvalue weighted by molar-refractivity contribution is 4.67. The molecule has 11 heavy (non-hydrogen) atoms. The summed E-state index contributed by atoms with van der Waals surface area (Å²) in [5, 5.41) is 0. The number of ether oxygens (including phenoxy) is 3. The van der Waals surface area contributed by atoms with E-state index in [2.05, 4.69) is 0 Å². The van der Waals surface area contributed by atoms with Crippen LogP contribution in [0.15, 0.2) is 0 Å². The predicted octanol–water partition coefficient (Wildman–Crippen LogP) is 0.827. The van der Waals surface area contributed by atoms with E-state index in [0.29, 0.717) is 12.7 Å². The molecule has 0 N–H and O–H groups in total. The van der Waals surface area contributed by atoms with Crippen LogP contribution in [-0.4, -0.2) is 38.6 Å². The molecule has 0 aromatic heterocycles. The maximum atomic E-state index is 5.32. The number of epoxide rings is 1. The van der Waals surface area contributed by atoms with Crippen molar-refractivity contribution in [1.29, 1.82) is 0 Å². The minimum absolute atomic E-state index is 0.207. The first kappa shape index (κ1) is 8.97. The Morgan fingerprint density at radius 2 is 2.36 bits per heavy atom. The van der Waals surface area contributed by atoms with E-state index in [-0.39, 0.29) is 6.10 Å². The van der Waals surface area contributed by atoms with Crippen LogP contribution in [0.25, 0.3) is 0 Å². The van der Waals surface area contributed by atoms with E-state index in [1.54, 1.807) is 0 Å². The van der Waals surface area contributed by atoms with E-state index in [1.165, 1.54) is 0 Å². The molecule has 2 atom stereocenters. The molecule has 1 rings (SSSR count). The second kappa shape index (κ2) is 4.70. The maximum absolute atomic E-state index is 5.32. The highest BCUT2D eigenvalue weighted by Gasteiger charge is 2.22. The lowest BCUT2D eigenvalue weighted by Gasteiger charge is -2.10. The van der Waals surface area contributed by atoms with E-state index in [0.717, 1.165) is 19.8 Å². The molecule has 0 radical (unpaired) electrons. The monoisotopic (exact) mass is 160 g/mol. The average Bonchev–Trinajstić information content (AvgIpc) is 2.72. The van der Waals surface area contributed by atoms with Crippen molar-refractivity contribution in [2.45, 2.75) is 26.1 Å². The molecule has 66 valence electrons. The summed E-state index contributed by atoms with van der Waals surface area (Å²) in [7, 11) is 0. The first-order chi connectivity index (χ1) is 5.33. The van der Waals surface area contributed by atoms with Gasteiger partial charge in [0.05, 0.1) is 25.9 Å². The third-order valence-electron chi connectivity index (χ3n) is 1.51. The quantitative estimate of drug-likeness (QED) is 0.539. The third-order valence-corrected chi connectivity index (χ3v) is 1.51. The summed E-state index contributed by atoms with van der Waals surface area (Å²) >= 11 is 0. The molecular weight excluding hydrogens is 144 g/mol. The smallest absolute Gasteiger partial charge is 0.104 e. The summed E-state index contributed by atoms with van der Waals surface area (Å²) in [6.07, 6.45) is 0.572. The summed E-state index contributed by atoms with van der Waals surface area (Å²) in [6, 6.07) is 0.